The fourth-order valence-electron chi connectivity index (χ4n) is 1.24. The van der Waals surface area contributed by atoms with Crippen LogP contribution < -0.4 is 5.32 Å². The van der Waals surface area contributed by atoms with E-state index < -0.39 is 0 Å². The Balaban J connectivity index is 2.22. The number of nitrogens with zero attached hydrogens (tertiary/aromatic N) is 2. The second-order valence-electron chi connectivity index (χ2n) is 3.20. The van der Waals surface area contributed by atoms with Crippen molar-refractivity contribution in [3.8, 4) is 0 Å². The van der Waals surface area contributed by atoms with Gasteiger partial charge in [0.25, 0.3) is 5.91 Å². The lowest BCUT2D eigenvalue weighted by atomic mass is 10.2. The van der Waals surface area contributed by atoms with E-state index in [2.05, 4.69) is 36.4 Å². The molecule has 0 saturated carbocycles. The first-order chi connectivity index (χ1) is 7.68. The van der Waals surface area contributed by atoms with Gasteiger partial charge in [-0.2, -0.15) is 5.10 Å². The van der Waals surface area contributed by atoms with Gasteiger partial charge in [-0.15, -0.1) is 0 Å². The number of amides is 1. The largest absolute Gasteiger partial charge is 0.319 e. The third-order valence-corrected chi connectivity index (χ3v) is 3.01. The van der Waals surface area contributed by atoms with Gasteiger partial charge in [-0.3, -0.25) is 9.89 Å². The van der Waals surface area contributed by atoms with E-state index in [4.69, 9.17) is 0 Å². The van der Waals surface area contributed by atoms with Crippen molar-refractivity contribution in [1.82, 2.24) is 15.2 Å². The van der Waals surface area contributed by atoms with Crippen molar-refractivity contribution >= 4 is 27.5 Å². The van der Waals surface area contributed by atoms with E-state index in [-0.39, 0.29) is 11.7 Å². The summed E-state index contributed by atoms with van der Waals surface area (Å²) in [7, 11) is 0. The van der Waals surface area contributed by atoms with E-state index in [1.54, 1.807) is 0 Å². The number of aromatic nitrogens is 3. The van der Waals surface area contributed by atoms with E-state index in [1.165, 1.54) is 6.33 Å². The van der Waals surface area contributed by atoms with Crippen molar-refractivity contribution in [2.45, 2.75) is 6.92 Å². The Morgan fingerprint density at radius 3 is 3.00 bits per heavy atom. The zero-order valence-corrected chi connectivity index (χ0v) is 10.1. The van der Waals surface area contributed by atoms with Crippen molar-refractivity contribution in [2.75, 3.05) is 5.32 Å². The van der Waals surface area contributed by atoms with Gasteiger partial charge in [-0.05, 0) is 24.6 Å². The highest BCUT2D eigenvalue weighted by Gasteiger charge is 2.10. The molecule has 0 saturated heterocycles. The molecule has 1 amide bonds. The summed E-state index contributed by atoms with van der Waals surface area (Å²) < 4.78 is 0.947. The molecule has 82 valence electrons. The highest BCUT2D eigenvalue weighted by atomic mass is 79.9. The first kappa shape index (κ1) is 10.8. The molecule has 2 rings (SSSR count). The maximum atomic E-state index is 11.7. The van der Waals surface area contributed by atoms with Crippen LogP contribution in [-0.4, -0.2) is 21.1 Å². The summed E-state index contributed by atoms with van der Waals surface area (Å²) in [6.07, 6.45) is 1.29. The van der Waals surface area contributed by atoms with Crippen LogP contribution in [0.4, 0.5) is 5.69 Å². The number of rotatable bonds is 2. The molecule has 0 spiro atoms. The summed E-state index contributed by atoms with van der Waals surface area (Å²) in [4.78, 5) is 15.5. The minimum Gasteiger partial charge on any atom is -0.319 e. The van der Waals surface area contributed by atoms with Gasteiger partial charge in [0.15, 0.2) is 0 Å². The van der Waals surface area contributed by atoms with E-state index >= 15 is 0 Å². The number of halogens is 1. The smallest absolute Gasteiger partial charge is 0.292 e. The Morgan fingerprint density at radius 1 is 1.50 bits per heavy atom. The third-order valence-electron chi connectivity index (χ3n) is 2.15. The second-order valence-corrected chi connectivity index (χ2v) is 4.05. The van der Waals surface area contributed by atoms with Crippen molar-refractivity contribution in [1.29, 1.82) is 0 Å². The summed E-state index contributed by atoms with van der Waals surface area (Å²) in [5.74, 6) is -0.113. The number of nitrogens with one attached hydrogen (secondary N) is 2. The van der Waals surface area contributed by atoms with Crippen LogP contribution in [0.25, 0.3) is 0 Å². The molecule has 6 heteroatoms. The molecule has 0 fully saturated rings. The number of hydrogen-bond donors (Lipinski definition) is 2. The molecular weight excluding hydrogens is 272 g/mol. The summed E-state index contributed by atoms with van der Waals surface area (Å²) in [5, 5.41) is 8.88. The summed E-state index contributed by atoms with van der Waals surface area (Å²) >= 11 is 3.40. The molecule has 5 nitrogen and oxygen atoms in total. The van der Waals surface area contributed by atoms with Crippen LogP contribution in [0.1, 0.15) is 16.2 Å². The first-order valence-electron chi connectivity index (χ1n) is 4.60. The van der Waals surface area contributed by atoms with Crippen LogP contribution in [-0.2, 0) is 0 Å². The number of carbonyl (C=O) groups is 1. The van der Waals surface area contributed by atoms with Gasteiger partial charge in [-0.25, -0.2) is 4.98 Å². The van der Waals surface area contributed by atoms with E-state index in [0.717, 1.165) is 15.7 Å². The zero-order chi connectivity index (χ0) is 11.5. The molecule has 1 heterocycles. The van der Waals surface area contributed by atoms with Gasteiger partial charge in [0.2, 0.25) is 5.82 Å². The van der Waals surface area contributed by atoms with E-state index in [9.17, 15) is 4.79 Å². The molecule has 2 aromatic rings. The predicted molar refractivity (Wildman–Crippen MR) is 63.2 cm³/mol. The van der Waals surface area contributed by atoms with Crippen LogP contribution in [0.5, 0.6) is 0 Å². The minimum atomic E-state index is -0.307. The standard InChI is InChI=1S/C10H9BrN4O/c1-6-7(11)3-2-4-8(6)14-10(16)9-12-5-13-15-9/h2-5H,1H3,(H,14,16)(H,12,13,15). The Morgan fingerprint density at radius 2 is 2.31 bits per heavy atom. The Bertz CT molecular complexity index is 510. The van der Waals surface area contributed by atoms with Crippen LogP contribution in [0.15, 0.2) is 29.0 Å². The quantitative estimate of drug-likeness (QED) is 0.885. The number of H-pyrrole nitrogens is 1. The SMILES string of the molecule is Cc1c(Br)cccc1NC(=O)c1ncn[nH]1. The highest BCUT2D eigenvalue weighted by Crippen LogP contribution is 2.23. The molecule has 0 aliphatic carbocycles. The second kappa shape index (κ2) is 4.44. The normalized spacial score (nSPS) is 10.1. The van der Waals surface area contributed by atoms with Gasteiger partial charge < -0.3 is 5.32 Å². The van der Waals surface area contributed by atoms with Crippen molar-refractivity contribution in [3.05, 3.63) is 40.4 Å². The third kappa shape index (κ3) is 2.11. The average Bonchev–Trinajstić information content (AvgIpc) is 2.78. The first-order valence-corrected chi connectivity index (χ1v) is 5.39. The average molecular weight is 281 g/mol. The fraction of sp³-hybridized carbons (Fsp3) is 0.100. The molecule has 0 unspecified atom stereocenters. The molecule has 1 aromatic heterocycles. The van der Waals surface area contributed by atoms with Gasteiger partial charge in [0, 0.05) is 10.2 Å². The Kier molecular flexibility index (Phi) is 3.00. The summed E-state index contributed by atoms with van der Waals surface area (Å²) in [6.45, 7) is 1.92. The van der Waals surface area contributed by atoms with Crippen molar-refractivity contribution in [2.24, 2.45) is 0 Å². The monoisotopic (exact) mass is 280 g/mol. The van der Waals surface area contributed by atoms with Gasteiger partial charge in [-0.1, -0.05) is 22.0 Å². The number of hydrogen-bond acceptors (Lipinski definition) is 3. The topological polar surface area (TPSA) is 70.7 Å². The van der Waals surface area contributed by atoms with Crippen LogP contribution in [0, 0.1) is 6.92 Å². The van der Waals surface area contributed by atoms with Crippen molar-refractivity contribution < 1.29 is 4.79 Å². The van der Waals surface area contributed by atoms with Crippen LogP contribution >= 0.6 is 15.9 Å². The molecule has 0 radical (unpaired) electrons. The summed E-state index contributed by atoms with van der Waals surface area (Å²) in [5.41, 5.74) is 1.71. The molecule has 0 atom stereocenters. The molecule has 16 heavy (non-hydrogen) atoms. The number of benzene rings is 1. The number of carbonyl (C=O) groups excluding carboxylic acids is 1. The van der Waals surface area contributed by atoms with E-state index in [1.807, 2.05) is 25.1 Å². The molecular formula is C10H9BrN4O. The number of aromatic amines is 1. The van der Waals surface area contributed by atoms with E-state index in [0.29, 0.717) is 0 Å². The van der Waals surface area contributed by atoms with Crippen LogP contribution in [0.2, 0.25) is 0 Å². The maximum Gasteiger partial charge on any atom is 0.292 e. The lowest BCUT2D eigenvalue weighted by molar-refractivity contribution is 0.101. The molecule has 0 aliphatic heterocycles. The molecule has 2 N–H and O–H groups in total. The molecule has 1 aromatic carbocycles. The summed E-state index contributed by atoms with van der Waals surface area (Å²) in [6, 6.07) is 5.60. The number of anilines is 1. The predicted octanol–water partition coefficient (Wildman–Crippen LogP) is 2.13. The minimum absolute atomic E-state index is 0.194. The Labute approximate surface area is 100 Å². The molecule has 0 aliphatic rings. The van der Waals surface area contributed by atoms with Crippen LogP contribution in [0.3, 0.4) is 0 Å². The van der Waals surface area contributed by atoms with Crippen molar-refractivity contribution in [3.63, 3.8) is 0 Å². The molecule has 0 bridgehead atoms. The fourth-order valence-corrected chi connectivity index (χ4v) is 1.61. The lowest BCUT2D eigenvalue weighted by Gasteiger charge is -2.07. The zero-order valence-electron chi connectivity index (χ0n) is 8.49. The highest BCUT2D eigenvalue weighted by molar-refractivity contribution is 9.10. The van der Waals surface area contributed by atoms with Gasteiger partial charge in [0.1, 0.15) is 6.33 Å². The Hall–Kier alpha value is -1.69. The van der Waals surface area contributed by atoms with Gasteiger partial charge in [0.05, 0.1) is 0 Å². The lowest BCUT2D eigenvalue weighted by Crippen LogP contribution is -2.14. The van der Waals surface area contributed by atoms with Gasteiger partial charge >= 0.3 is 0 Å². The maximum absolute atomic E-state index is 11.7.